The number of halogens is 3. The summed E-state index contributed by atoms with van der Waals surface area (Å²) in [5.41, 5.74) is 3.21. The summed E-state index contributed by atoms with van der Waals surface area (Å²) >= 11 is 0. The molecule has 9 heteroatoms. The lowest BCUT2D eigenvalue weighted by Crippen LogP contribution is -2.27. The number of nitrogens with zero attached hydrogens (tertiary/aromatic N) is 3. The standard InChI is InChI=1S/C20H21F3N4O2/c1-11(2)26-17-16-9-27(19(28)15(16)5-6-24-17)13(4)14-7-12(3)18(25-8-14)29-10-20(21,22)23/h5-8,13H,1,9-10H2,2-4H3,(H,24,26). The fraction of sp³-hybridized carbons (Fsp3) is 0.350. The first-order chi connectivity index (χ1) is 13.6. The number of carbonyl (C=O) groups is 1. The summed E-state index contributed by atoms with van der Waals surface area (Å²) < 4.78 is 41.8. The van der Waals surface area contributed by atoms with E-state index in [1.54, 1.807) is 37.1 Å². The molecular weight excluding hydrogens is 385 g/mol. The fourth-order valence-corrected chi connectivity index (χ4v) is 3.17. The van der Waals surface area contributed by atoms with Crippen molar-refractivity contribution < 1.29 is 22.7 Å². The molecule has 3 rings (SSSR count). The maximum atomic E-state index is 12.9. The molecule has 0 aliphatic carbocycles. The second-order valence-corrected chi connectivity index (χ2v) is 6.99. The zero-order valence-electron chi connectivity index (χ0n) is 16.3. The smallest absolute Gasteiger partial charge is 0.422 e. The van der Waals surface area contributed by atoms with Crippen LogP contribution in [0.1, 0.15) is 46.9 Å². The molecular formula is C20H21F3N4O2. The maximum absolute atomic E-state index is 12.9. The van der Waals surface area contributed by atoms with Gasteiger partial charge in [-0.2, -0.15) is 13.2 Å². The van der Waals surface area contributed by atoms with Crippen molar-refractivity contribution >= 4 is 11.7 Å². The number of rotatable bonds is 6. The third-order valence-corrected chi connectivity index (χ3v) is 4.58. The van der Waals surface area contributed by atoms with E-state index < -0.39 is 12.8 Å². The van der Waals surface area contributed by atoms with E-state index in [2.05, 4.69) is 21.9 Å². The molecule has 1 unspecified atom stereocenters. The lowest BCUT2D eigenvalue weighted by molar-refractivity contribution is -0.154. The molecule has 2 aromatic heterocycles. The van der Waals surface area contributed by atoms with Gasteiger partial charge < -0.3 is 15.0 Å². The Morgan fingerprint density at radius 3 is 2.76 bits per heavy atom. The van der Waals surface area contributed by atoms with E-state index in [1.807, 2.05) is 6.92 Å². The van der Waals surface area contributed by atoms with Gasteiger partial charge >= 0.3 is 6.18 Å². The molecule has 2 aromatic rings. The molecule has 6 nitrogen and oxygen atoms in total. The Balaban J connectivity index is 1.80. The molecule has 0 spiro atoms. The van der Waals surface area contributed by atoms with Gasteiger partial charge in [-0.25, -0.2) is 9.97 Å². The summed E-state index contributed by atoms with van der Waals surface area (Å²) in [6, 6.07) is 3.02. The lowest BCUT2D eigenvalue weighted by atomic mass is 10.1. The molecule has 1 aliphatic heterocycles. The number of carbonyl (C=O) groups excluding carboxylic acids is 1. The van der Waals surface area contributed by atoms with Crippen LogP contribution < -0.4 is 10.1 Å². The first-order valence-electron chi connectivity index (χ1n) is 8.94. The topological polar surface area (TPSA) is 67.3 Å². The average molecular weight is 406 g/mol. The van der Waals surface area contributed by atoms with E-state index in [1.165, 1.54) is 6.20 Å². The van der Waals surface area contributed by atoms with Gasteiger partial charge in [0.05, 0.1) is 12.6 Å². The Kier molecular flexibility index (Phi) is 5.50. The van der Waals surface area contributed by atoms with E-state index in [4.69, 9.17) is 4.74 Å². The van der Waals surface area contributed by atoms with Gasteiger partial charge in [-0.15, -0.1) is 0 Å². The molecule has 0 saturated heterocycles. The highest BCUT2D eigenvalue weighted by molar-refractivity contribution is 5.99. The lowest BCUT2D eigenvalue weighted by Gasteiger charge is -2.25. The number of fused-ring (bicyclic) bond motifs is 1. The molecule has 29 heavy (non-hydrogen) atoms. The third-order valence-electron chi connectivity index (χ3n) is 4.58. The van der Waals surface area contributed by atoms with Crippen LogP contribution in [0, 0.1) is 6.92 Å². The van der Waals surface area contributed by atoms with Gasteiger partial charge in [0, 0.05) is 34.8 Å². The van der Waals surface area contributed by atoms with Gasteiger partial charge in [0.1, 0.15) is 5.82 Å². The number of hydrogen-bond acceptors (Lipinski definition) is 5. The molecule has 154 valence electrons. The Morgan fingerprint density at radius 1 is 1.41 bits per heavy atom. The number of hydrogen-bond donors (Lipinski definition) is 1. The second-order valence-electron chi connectivity index (χ2n) is 6.99. The fourth-order valence-electron chi connectivity index (χ4n) is 3.17. The summed E-state index contributed by atoms with van der Waals surface area (Å²) in [6.45, 7) is 8.02. The zero-order valence-corrected chi connectivity index (χ0v) is 16.3. The average Bonchev–Trinajstić information content (AvgIpc) is 2.97. The van der Waals surface area contributed by atoms with Gasteiger partial charge in [0.25, 0.3) is 5.91 Å². The molecule has 0 radical (unpaired) electrons. The minimum atomic E-state index is -4.43. The molecule has 3 heterocycles. The van der Waals surface area contributed by atoms with Gasteiger partial charge in [-0.3, -0.25) is 4.79 Å². The highest BCUT2D eigenvalue weighted by atomic mass is 19.4. The van der Waals surface area contributed by atoms with Gasteiger partial charge in [-0.1, -0.05) is 6.58 Å². The van der Waals surface area contributed by atoms with Crippen LogP contribution in [0.2, 0.25) is 0 Å². The predicted octanol–water partition coefficient (Wildman–Crippen LogP) is 4.39. The number of aryl methyl sites for hydroxylation is 1. The molecule has 1 aliphatic rings. The van der Waals surface area contributed by atoms with Crippen LogP contribution in [-0.4, -0.2) is 33.6 Å². The van der Waals surface area contributed by atoms with Crippen LogP contribution >= 0.6 is 0 Å². The SMILES string of the molecule is C=C(C)Nc1nccc2c1CN(C(C)c1cnc(OCC(F)(F)F)c(C)c1)C2=O. The van der Waals surface area contributed by atoms with Crippen molar-refractivity contribution in [1.82, 2.24) is 14.9 Å². The molecule has 0 bridgehead atoms. The summed E-state index contributed by atoms with van der Waals surface area (Å²) in [6.07, 6.45) is -1.43. The van der Waals surface area contributed by atoms with E-state index in [0.717, 1.165) is 5.56 Å². The van der Waals surface area contributed by atoms with E-state index >= 15 is 0 Å². The summed E-state index contributed by atoms with van der Waals surface area (Å²) in [4.78, 5) is 22.9. The molecule has 1 atom stereocenters. The minimum Gasteiger partial charge on any atom is -0.468 e. The van der Waals surface area contributed by atoms with Crippen LogP contribution in [0.3, 0.4) is 0 Å². The van der Waals surface area contributed by atoms with E-state index in [0.29, 0.717) is 34.8 Å². The van der Waals surface area contributed by atoms with Crippen molar-refractivity contribution in [3.8, 4) is 5.88 Å². The second kappa shape index (κ2) is 7.73. The Bertz CT molecular complexity index is 959. The normalized spacial score (nSPS) is 14.6. The minimum absolute atomic E-state index is 0.0774. The van der Waals surface area contributed by atoms with Crippen molar-refractivity contribution in [1.29, 1.82) is 0 Å². The molecule has 0 saturated carbocycles. The molecule has 1 N–H and O–H groups in total. The third kappa shape index (κ3) is 4.49. The Hall–Kier alpha value is -3.10. The van der Waals surface area contributed by atoms with Crippen molar-refractivity contribution in [2.24, 2.45) is 0 Å². The Morgan fingerprint density at radius 2 is 2.14 bits per heavy atom. The molecule has 1 amide bonds. The van der Waals surface area contributed by atoms with Crippen LogP contribution in [0.5, 0.6) is 5.88 Å². The van der Waals surface area contributed by atoms with Crippen molar-refractivity contribution in [3.63, 3.8) is 0 Å². The van der Waals surface area contributed by atoms with E-state index in [-0.39, 0.29) is 17.8 Å². The van der Waals surface area contributed by atoms with Gasteiger partial charge in [0.2, 0.25) is 5.88 Å². The zero-order chi connectivity index (χ0) is 21.3. The number of anilines is 1. The summed E-state index contributed by atoms with van der Waals surface area (Å²) in [7, 11) is 0. The number of amides is 1. The molecule has 0 fully saturated rings. The van der Waals surface area contributed by atoms with Crippen molar-refractivity contribution in [2.75, 3.05) is 11.9 Å². The number of alkyl halides is 3. The van der Waals surface area contributed by atoms with Crippen LogP contribution in [-0.2, 0) is 6.54 Å². The highest BCUT2D eigenvalue weighted by Gasteiger charge is 2.34. The predicted molar refractivity (Wildman–Crippen MR) is 101 cm³/mol. The number of allylic oxidation sites excluding steroid dienone is 1. The quantitative estimate of drug-likeness (QED) is 0.771. The van der Waals surface area contributed by atoms with Crippen molar-refractivity contribution in [2.45, 2.75) is 39.5 Å². The van der Waals surface area contributed by atoms with Crippen LogP contribution in [0.25, 0.3) is 0 Å². The first kappa shape index (κ1) is 20.6. The highest BCUT2D eigenvalue weighted by Crippen LogP contribution is 2.35. The summed E-state index contributed by atoms with van der Waals surface area (Å²) in [5, 5.41) is 3.06. The molecule has 0 aromatic carbocycles. The van der Waals surface area contributed by atoms with Crippen LogP contribution in [0.15, 0.2) is 36.8 Å². The number of aromatic nitrogens is 2. The number of nitrogens with one attached hydrogen (secondary N) is 1. The number of ether oxygens (including phenoxy) is 1. The largest absolute Gasteiger partial charge is 0.468 e. The van der Waals surface area contributed by atoms with Gasteiger partial charge in [0.15, 0.2) is 6.61 Å². The van der Waals surface area contributed by atoms with E-state index in [9.17, 15) is 18.0 Å². The Labute approximate surface area is 166 Å². The van der Waals surface area contributed by atoms with Crippen LogP contribution in [0.4, 0.5) is 19.0 Å². The van der Waals surface area contributed by atoms with Crippen molar-refractivity contribution in [3.05, 3.63) is 59.1 Å². The first-order valence-corrected chi connectivity index (χ1v) is 8.94. The van der Waals surface area contributed by atoms with Gasteiger partial charge in [-0.05, 0) is 38.5 Å². The summed E-state index contributed by atoms with van der Waals surface area (Å²) in [5.74, 6) is 0.365. The number of pyridine rings is 2. The maximum Gasteiger partial charge on any atom is 0.422 e. The monoisotopic (exact) mass is 406 g/mol.